The fourth-order valence-electron chi connectivity index (χ4n) is 3.16. The van der Waals surface area contributed by atoms with E-state index in [0.717, 1.165) is 29.7 Å². The third-order valence-electron chi connectivity index (χ3n) is 4.72. The molecule has 1 N–H and O–H groups in total. The number of amides is 1. The van der Waals surface area contributed by atoms with Gasteiger partial charge in [-0.25, -0.2) is 0 Å². The van der Waals surface area contributed by atoms with E-state index in [1.807, 2.05) is 6.07 Å². The fraction of sp³-hybridized carbons (Fsp3) is 0.381. The molecule has 0 atom stereocenters. The molecule has 1 amide bonds. The van der Waals surface area contributed by atoms with Crippen molar-refractivity contribution in [2.45, 2.75) is 25.6 Å². The number of hydrogen-bond donors (Lipinski definition) is 1. The van der Waals surface area contributed by atoms with E-state index in [2.05, 4.69) is 5.32 Å². The average molecular weight is 392 g/mol. The van der Waals surface area contributed by atoms with Crippen molar-refractivity contribution in [3.63, 3.8) is 0 Å². The van der Waals surface area contributed by atoms with Crippen molar-refractivity contribution in [2.75, 3.05) is 26.2 Å². The number of halogens is 3. The van der Waals surface area contributed by atoms with E-state index in [9.17, 15) is 18.0 Å². The minimum Gasteiger partial charge on any atom is -0.491 e. The standard InChI is InChI=1S/C17H14F3NO2.C4H9N/c18-17(19,20)15-4-1-12(2-5-15)13-3-6-16-14(9-13)10-21(11-22)7-8-23-16;1-2-4-5-3-1/h1-6,9,11H,7-8,10H2;5H,1-4H2. The molecule has 1 saturated heterocycles. The zero-order valence-corrected chi connectivity index (χ0v) is 15.5. The van der Waals surface area contributed by atoms with Gasteiger partial charge in [0.2, 0.25) is 6.41 Å². The minimum absolute atomic E-state index is 0.422. The Morgan fingerprint density at radius 1 is 1.00 bits per heavy atom. The van der Waals surface area contributed by atoms with E-state index in [0.29, 0.717) is 31.0 Å². The van der Waals surface area contributed by atoms with Crippen molar-refractivity contribution in [1.82, 2.24) is 10.2 Å². The lowest BCUT2D eigenvalue weighted by molar-refractivity contribution is -0.137. The number of fused-ring (bicyclic) bond motifs is 1. The molecule has 0 spiro atoms. The van der Waals surface area contributed by atoms with E-state index in [1.54, 1.807) is 17.0 Å². The van der Waals surface area contributed by atoms with Crippen LogP contribution < -0.4 is 10.1 Å². The first-order valence-corrected chi connectivity index (χ1v) is 9.31. The molecule has 150 valence electrons. The van der Waals surface area contributed by atoms with Crippen LogP contribution in [0.3, 0.4) is 0 Å². The molecule has 4 rings (SSSR count). The van der Waals surface area contributed by atoms with Crippen molar-refractivity contribution in [3.05, 3.63) is 53.6 Å². The number of hydrogen-bond acceptors (Lipinski definition) is 3. The Morgan fingerprint density at radius 3 is 2.25 bits per heavy atom. The van der Waals surface area contributed by atoms with Crippen molar-refractivity contribution >= 4 is 6.41 Å². The minimum atomic E-state index is -4.34. The largest absolute Gasteiger partial charge is 0.491 e. The molecule has 2 aromatic carbocycles. The van der Waals surface area contributed by atoms with Gasteiger partial charge in [-0.15, -0.1) is 0 Å². The number of alkyl halides is 3. The number of carbonyl (C=O) groups is 1. The molecular weight excluding hydrogens is 369 g/mol. The molecule has 28 heavy (non-hydrogen) atoms. The average Bonchev–Trinajstić information content (AvgIpc) is 3.21. The number of benzene rings is 2. The first-order valence-electron chi connectivity index (χ1n) is 9.31. The maximum atomic E-state index is 12.6. The molecule has 0 unspecified atom stereocenters. The molecule has 0 saturated carbocycles. The number of carbonyl (C=O) groups excluding carboxylic acids is 1. The van der Waals surface area contributed by atoms with Crippen LogP contribution in [0.25, 0.3) is 11.1 Å². The van der Waals surface area contributed by atoms with Crippen LogP contribution in [0, 0.1) is 0 Å². The number of nitrogens with zero attached hydrogens (tertiary/aromatic N) is 1. The quantitative estimate of drug-likeness (QED) is 0.783. The van der Waals surface area contributed by atoms with E-state index in [1.165, 1.54) is 38.1 Å². The van der Waals surface area contributed by atoms with Crippen molar-refractivity contribution in [3.8, 4) is 16.9 Å². The molecule has 2 aliphatic rings. The first kappa shape index (κ1) is 20.2. The van der Waals surface area contributed by atoms with Crippen LogP contribution in [0.15, 0.2) is 42.5 Å². The lowest BCUT2D eigenvalue weighted by Crippen LogP contribution is -2.23. The van der Waals surface area contributed by atoms with Gasteiger partial charge in [-0.05, 0) is 61.3 Å². The normalized spacial score (nSPS) is 16.3. The summed E-state index contributed by atoms with van der Waals surface area (Å²) in [5.74, 6) is 0.699. The highest BCUT2D eigenvalue weighted by Crippen LogP contribution is 2.33. The maximum absolute atomic E-state index is 12.6. The summed E-state index contributed by atoms with van der Waals surface area (Å²) in [7, 11) is 0. The number of rotatable bonds is 2. The molecule has 0 aliphatic carbocycles. The summed E-state index contributed by atoms with van der Waals surface area (Å²) in [5.41, 5.74) is 1.63. The van der Waals surface area contributed by atoms with Gasteiger partial charge in [0.25, 0.3) is 0 Å². The smallest absolute Gasteiger partial charge is 0.416 e. The number of nitrogens with one attached hydrogen (secondary N) is 1. The van der Waals surface area contributed by atoms with Crippen molar-refractivity contribution in [2.24, 2.45) is 0 Å². The van der Waals surface area contributed by atoms with Gasteiger partial charge in [-0.2, -0.15) is 13.2 Å². The molecule has 0 radical (unpaired) electrons. The Bertz CT molecular complexity index is 780. The highest BCUT2D eigenvalue weighted by Gasteiger charge is 2.30. The van der Waals surface area contributed by atoms with Gasteiger partial charge in [0, 0.05) is 12.1 Å². The lowest BCUT2D eigenvalue weighted by Gasteiger charge is -2.13. The molecular formula is C21H23F3N2O2. The van der Waals surface area contributed by atoms with E-state index < -0.39 is 11.7 Å². The summed E-state index contributed by atoms with van der Waals surface area (Å²) in [4.78, 5) is 12.6. The topological polar surface area (TPSA) is 41.6 Å². The SMILES string of the molecule is C1CCNC1.O=CN1CCOc2ccc(-c3ccc(C(F)(F)F)cc3)cc2C1. The van der Waals surface area contributed by atoms with Crippen molar-refractivity contribution in [1.29, 1.82) is 0 Å². The monoisotopic (exact) mass is 392 g/mol. The first-order chi connectivity index (χ1) is 13.5. The van der Waals surface area contributed by atoms with Gasteiger partial charge in [-0.3, -0.25) is 4.79 Å². The summed E-state index contributed by atoms with van der Waals surface area (Å²) in [6, 6.07) is 10.5. The second-order valence-electron chi connectivity index (χ2n) is 6.78. The van der Waals surface area contributed by atoms with Gasteiger partial charge < -0.3 is 15.0 Å². The van der Waals surface area contributed by atoms with Gasteiger partial charge in [0.1, 0.15) is 12.4 Å². The van der Waals surface area contributed by atoms with Crippen molar-refractivity contribution < 1.29 is 22.7 Å². The molecule has 7 heteroatoms. The van der Waals surface area contributed by atoms with Gasteiger partial charge >= 0.3 is 6.18 Å². The van der Waals surface area contributed by atoms with Crippen LogP contribution in [0.1, 0.15) is 24.0 Å². The Labute approximate surface area is 162 Å². The summed E-state index contributed by atoms with van der Waals surface area (Å²) in [6.07, 6.45) is -0.798. The van der Waals surface area contributed by atoms with Crippen LogP contribution in [-0.2, 0) is 17.5 Å². The Hall–Kier alpha value is -2.54. The van der Waals surface area contributed by atoms with E-state index in [-0.39, 0.29) is 0 Å². The molecule has 4 nitrogen and oxygen atoms in total. The molecule has 1 fully saturated rings. The molecule has 2 aliphatic heterocycles. The number of ether oxygens (including phenoxy) is 1. The summed E-state index contributed by atoms with van der Waals surface area (Å²) < 4.78 is 43.4. The van der Waals surface area contributed by atoms with Crippen LogP contribution in [0.5, 0.6) is 5.75 Å². The second-order valence-corrected chi connectivity index (χ2v) is 6.78. The third-order valence-corrected chi connectivity index (χ3v) is 4.72. The summed E-state index contributed by atoms with van der Waals surface area (Å²) in [6.45, 7) is 3.85. The molecule has 0 aromatic heterocycles. The second kappa shape index (κ2) is 9.10. The van der Waals surface area contributed by atoms with Gasteiger partial charge in [0.15, 0.2) is 0 Å². The predicted octanol–water partition coefficient (Wildman–Crippen LogP) is 4.09. The summed E-state index contributed by atoms with van der Waals surface area (Å²) in [5, 5.41) is 3.22. The van der Waals surface area contributed by atoms with E-state index >= 15 is 0 Å². The van der Waals surface area contributed by atoms with Gasteiger partial charge in [-0.1, -0.05) is 18.2 Å². The van der Waals surface area contributed by atoms with Crippen LogP contribution in [-0.4, -0.2) is 37.6 Å². The Kier molecular flexibility index (Phi) is 6.57. The Morgan fingerprint density at radius 2 is 1.68 bits per heavy atom. The molecule has 2 heterocycles. The maximum Gasteiger partial charge on any atom is 0.416 e. The van der Waals surface area contributed by atoms with Crippen LogP contribution in [0.2, 0.25) is 0 Å². The van der Waals surface area contributed by atoms with E-state index in [4.69, 9.17) is 4.74 Å². The zero-order chi connectivity index (χ0) is 20.0. The molecule has 0 bridgehead atoms. The lowest BCUT2D eigenvalue weighted by atomic mass is 10.0. The van der Waals surface area contributed by atoms with Crippen LogP contribution in [0.4, 0.5) is 13.2 Å². The highest BCUT2D eigenvalue weighted by atomic mass is 19.4. The highest BCUT2D eigenvalue weighted by molar-refractivity contribution is 5.66. The fourth-order valence-corrected chi connectivity index (χ4v) is 3.16. The predicted molar refractivity (Wildman–Crippen MR) is 101 cm³/mol. The molecule has 2 aromatic rings. The third kappa shape index (κ3) is 5.25. The van der Waals surface area contributed by atoms with Crippen LogP contribution >= 0.6 is 0 Å². The Balaban J connectivity index is 0.000000391. The zero-order valence-electron chi connectivity index (χ0n) is 15.5. The summed E-state index contributed by atoms with van der Waals surface area (Å²) >= 11 is 0. The van der Waals surface area contributed by atoms with Gasteiger partial charge in [0.05, 0.1) is 12.1 Å².